The number of hydrogen-bond donors (Lipinski definition) is 0. The quantitative estimate of drug-likeness (QED) is 0.749. The third-order valence-corrected chi connectivity index (χ3v) is 2.71. The summed E-state index contributed by atoms with van der Waals surface area (Å²) in [6, 6.07) is 5.56. The Labute approximate surface area is 107 Å². The second kappa shape index (κ2) is 6.65. The molecule has 0 aromatic heterocycles. The average molecular weight is 247 g/mol. The number of carbonyl (C=O) groups is 1. The first-order valence-electron chi connectivity index (χ1n) is 5.92. The van der Waals surface area contributed by atoms with Gasteiger partial charge in [0.1, 0.15) is 5.75 Å². The molecule has 0 saturated carbocycles. The van der Waals surface area contributed by atoms with Crippen LogP contribution < -0.4 is 4.74 Å². The first-order chi connectivity index (χ1) is 8.67. The summed E-state index contributed by atoms with van der Waals surface area (Å²) in [5.41, 5.74) is 2.18. The van der Waals surface area contributed by atoms with E-state index in [1.807, 2.05) is 6.92 Å². The molecule has 1 aromatic carbocycles. The lowest BCUT2D eigenvalue weighted by molar-refractivity contribution is -0.142. The smallest absolute Gasteiger partial charge is 0.310 e. The van der Waals surface area contributed by atoms with Crippen molar-refractivity contribution in [3.63, 3.8) is 0 Å². The van der Waals surface area contributed by atoms with Crippen molar-refractivity contribution in [1.82, 2.24) is 0 Å². The highest BCUT2D eigenvalue weighted by Crippen LogP contribution is 2.26. The highest BCUT2D eigenvalue weighted by Gasteiger charge is 2.16. The van der Waals surface area contributed by atoms with Crippen molar-refractivity contribution >= 4 is 5.97 Å². The zero-order chi connectivity index (χ0) is 13.5. The van der Waals surface area contributed by atoms with E-state index in [2.05, 4.69) is 6.07 Å². The molecular weight excluding hydrogens is 230 g/mol. The van der Waals surface area contributed by atoms with Crippen molar-refractivity contribution < 1.29 is 14.3 Å². The molecule has 96 valence electrons. The molecule has 0 N–H and O–H groups in total. The molecule has 0 fully saturated rings. The number of nitriles is 1. The van der Waals surface area contributed by atoms with E-state index in [1.54, 1.807) is 26.2 Å². The van der Waals surface area contributed by atoms with Gasteiger partial charge >= 0.3 is 5.97 Å². The van der Waals surface area contributed by atoms with Crippen molar-refractivity contribution in [3.05, 3.63) is 28.8 Å². The maximum Gasteiger partial charge on any atom is 0.310 e. The Morgan fingerprint density at radius 3 is 2.56 bits per heavy atom. The van der Waals surface area contributed by atoms with Gasteiger partial charge < -0.3 is 9.47 Å². The van der Waals surface area contributed by atoms with Crippen LogP contribution in [0.5, 0.6) is 5.75 Å². The fourth-order valence-corrected chi connectivity index (χ4v) is 1.92. The molecule has 0 aliphatic heterocycles. The fourth-order valence-electron chi connectivity index (χ4n) is 1.92. The monoisotopic (exact) mass is 247 g/mol. The molecule has 0 aliphatic rings. The Morgan fingerprint density at radius 1 is 1.33 bits per heavy atom. The summed E-state index contributed by atoms with van der Waals surface area (Å²) in [5.74, 6) is 0.319. The predicted octanol–water partition coefficient (Wildman–Crippen LogP) is 2.23. The topological polar surface area (TPSA) is 59.3 Å². The number of esters is 1. The number of hydrogen-bond acceptors (Lipinski definition) is 4. The highest BCUT2D eigenvalue weighted by atomic mass is 16.5. The molecule has 18 heavy (non-hydrogen) atoms. The molecule has 0 aliphatic carbocycles. The van der Waals surface area contributed by atoms with Crippen molar-refractivity contribution in [2.45, 2.75) is 26.7 Å². The van der Waals surface area contributed by atoms with Gasteiger partial charge in [0.25, 0.3) is 0 Å². The number of ether oxygens (including phenoxy) is 2. The second-order valence-corrected chi connectivity index (χ2v) is 3.72. The van der Waals surface area contributed by atoms with Gasteiger partial charge in [-0.15, -0.1) is 0 Å². The third-order valence-electron chi connectivity index (χ3n) is 2.71. The van der Waals surface area contributed by atoms with Gasteiger partial charge in [0, 0.05) is 5.56 Å². The van der Waals surface area contributed by atoms with Crippen LogP contribution in [0.25, 0.3) is 0 Å². The van der Waals surface area contributed by atoms with E-state index in [4.69, 9.17) is 14.7 Å². The van der Waals surface area contributed by atoms with E-state index < -0.39 is 0 Å². The van der Waals surface area contributed by atoms with Crippen LogP contribution in [-0.4, -0.2) is 19.7 Å². The molecule has 0 heterocycles. The molecule has 0 amide bonds. The van der Waals surface area contributed by atoms with Gasteiger partial charge in [0.05, 0.1) is 31.8 Å². The maximum atomic E-state index is 11.6. The molecule has 0 saturated heterocycles. The van der Waals surface area contributed by atoms with Crippen molar-refractivity contribution in [2.24, 2.45) is 0 Å². The van der Waals surface area contributed by atoms with E-state index in [0.29, 0.717) is 24.3 Å². The molecule has 0 spiro atoms. The molecule has 0 bridgehead atoms. The Morgan fingerprint density at radius 2 is 2.06 bits per heavy atom. The number of carbonyl (C=O) groups excluding carboxylic acids is 1. The van der Waals surface area contributed by atoms with Crippen molar-refractivity contribution in [3.8, 4) is 11.8 Å². The second-order valence-electron chi connectivity index (χ2n) is 3.72. The Bertz CT molecular complexity index is 475. The van der Waals surface area contributed by atoms with Crippen LogP contribution in [0, 0.1) is 11.3 Å². The van der Waals surface area contributed by atoms with E-state index in [-0.39, 0.29) is 12.4 Å². The van der Waals surface area contributed by atoms with Gasteiger partial charge in [-0.3, -0.25) is 4.79 Å². The fraction of sp³-hybridized carbons (Fsp3) is 0.429. The van der Waals surface area contributed by atoms with Crippen LogP contribution in [0.2, 0.25) is 0 Å². The van der Waals surface area contributed by atoms with Gasteiger partial charge in [0.15, 0.2) is 0 Å². The molecular formula is C14H17NO3. The third kappa shape index (κ3) is 3.01. The lowest BCUT2D eigenvalue weighted by Gasteiger charge is -2.13. The molecule has 0 unspecified atom stereocenters. The van der Waals surface area contributed by atoms with Crippen LogP contribution in [0.3, 0.4) is 0 Å². The van der Waals surface area contributed by atoms with E-state index in [0.717, 1.165) is 11.1 Å². The number of nitrogens with zero attached hydrogens (tertiary/aromatic N) is 1. The summed E-state index contributed by atoms with van der Waals surface area (Å²) in [6.07, 6.45) is 0.810. The predicted molar refractivity (Wildman–Crippen MR) is 67.4 cm³/mol. The summed E-state index contributed by atoms with van der Waals surface area (Å²) < 4.78 is 10.2. The lowest BCUT2D eigenvalue weighted by atomic mass is 9.96. The van der Waals surface area contributed by atoms with Crippen LogP contribution in [0.4, 0.5) is 0 Å². The van der Waals surface area contributed by atoms with Crippen molar-refractivity contribution in [2.75, 3.05) is 13.7 Å². The lowest BCUT2D eigenvalue weighted by Crippen LogP contribution is -2.11. The first-order valence-corrected chi connectivity index (χ1v) is 5.92. The molecule has 4 nitrogen and oxygen atoms in total. The highest BCUT2D eigenvalue weighted by molar-refractivity contribution is 5.75. The number of methoxy groups -OCH3 is 1. The van der Waals surface area contributed by atoms with Gasteiger partial charge in [0.2, 0.25) is 0 Å². The minimum absolute atomic E-state index is 0.135. The van der Waals surface area contributed by atoms with E-state index in [1.165, 1.54) is 0 Å². The zero-order valence-electron chi connectivity index (χ0n) is 10.9. The van der Waals surface area contributed by atoms with Crippen LogP contribution in [0.1, 0.15) is 30.5 Å². The Balaban J connectivity index is 3.20. The van der Waals surface area contributed by atoms with Gasteiger partial charge in [-0.05, 0) is 31.0 Å². The average Bonchev–Trinajstić information content (AvgIpc) is 2.38. The van der Waals surface area contributed by atoms with E-state index >= 15 is 0 Å². The summed E-state index contributed by atoms with van der Waals surface area (Å²) in [7, 11) is 1.55. The summed E-state index contributed by atoms with van der Waals surface area (Å²) in [5, 5.41) is 9.07. The SMILES string of the molecule is CCOC(=O)Cc1c(OC)ccc(C#N)c1CC. The van der Waals surface area contributed by atoms with Gasteiger partial charge in [-0.1, -0.05) is 6.92 Å². The van der Waals surface area contributed by atoms with Gasteiger partial charge in [-0.25, -0.2) is 0 Å². The van der Waals surface area contributed by atoms with Crippen LogP contribution in [0.15, 0.2) is 12.1 Å². The molecule has 1 aromatic rings. The number of rotatable bonds is 5. The zero-order valence-corrected chi connectivity index (χ0v) is 10.9. The molecule has 4 heteroatoms. The normalized spacial score (nSPS) is 9.67. The van der Waals surface area contributed by atoms with Gasteiger partial charge in [-0.2, -0.15) is 5.26 Å². The Kier molecular flexibility index (Phi) is 5.19. The summed E-state index contributed by atoms with van der Waals surface area (Å²) in [6.45, 7) is 4.06. The van der Waals surface area contributed by atoms with Crippen LogP contribution >= 0.6 is 0 Å². The summed E-state index contributed by atoms with van der Waals surface area (Å²) >= 11 is 0. The minimum Gasteiger partial charge on any atom is -0.496 e. The molecule has 0 atom stereocenters. The van der Waals surface area contributed by atoms with E-state index in [9.17, 15) is 4.79 Å². The standard InChI is InChI=1S/C14H17NO3/c1-4-11-10(9-15)6-7-13(17-3)12(11)8-14(16)18-5-2/h6-7H,4-5,8H2,1-3H3. The van der Waals surface area contributed by atoms with Crippen LogP contribution in [-0.2, 0) is 22.4 Å². The largest absolute Gasteiger partial charge is 0.496 e. The molecule has 0 radical (unpaired) electrons. The summed E-state index contributed by atoms with van der Waals surface area (Å²) in [4.78, 5) is 11.6. The maximum absolute atomic E-state index is 11.6. The Hall–Kier alpha value is -2.02. The first kappa shape index (κ1) is 14.0. The number of benzene rings is 1. The minimum atomic E-state index is -0.305. The molecule has 1 rings (SSSR count). The van der Waals surface area contributed by atoms with Crippen molar-refractivity contribution in [1.29, 1.82) is 5.26 Å².